The average Bonchev–Trinajstić information content (AvgIpc) is 3.07. The van der Waals surface area contributed by atoms with Crippen molar-refractivity contribution in [2.45, 2.75) is 18.9 Å². The molecule has 7 heteroatoms. The fraction of sp³-hybridized carbons (Fsp3) is 0.286. The van der Waals surface area contributed by atoms with Crippen LogP contribution in [-0.2, 0) is 6.54 Å². The fourth-order valence-corrected chi connectivity index (χ4v) is 5.13. The Bertz CT molecular complexity index is 1290. The minimum absolute atomic E-state index is 0.109. The van der Waals surface area contributed by atoms with Gasteiger partial charge in [-0.2, -0.15) is 0 Å². The summed E-state index contributed by atoms with van der Waals surface area (Å²) in [5.74, 6) is 1.71. The lowest BCUT2D eigenvalue weighted by Gasteiger charge is -2.43. The number of pyridine rings is 1. The van der Waals surface area contributed by atoms with Crippen molar-refractivity contribution in [3.05, 3.63) is 63.8 Å². The van der Waals surface area contributed by atoms with E-state index in [-0.39, 0.29) is 5.56 Å². The van der Waals surface area contributed by atoms with Crippen LogP contribution in [0.4, 0.5) is 5.82 Å². The van der Waals surface area contributed by atoms with E-state index >= 15 is 0 Å². The van der Waals surface area contributed by atoms with E-state index in [1.807, 2.05) is 28.8 Å². The topological polar surface area (TPSA) is 66.8 Å². The lowest BCUT2D eigenvalue weighted by atomic mass is 9.83. The summed E-state index contributed by atoms with van der Waals surface area (Å²) in [5, 5.41) is 1.71. The zero-order valence-electron chi connectivity index (χ0n) is 15.1. The molecule has 0 aliphatic carbocycles. The summed E-state index contributed by atoms with van der Waals surface area (Å²) in [6.45, 7) is 2.51. The van der Waals surface area contributed by atoms with Gasteiger partial charge in [-0.15, -0.1) is 0 Å². The lowest BCUT2D eigenvalue weighted by Crippen LogP contribution is -2.47. The molecule has 2 aliphatic heterocycles. The van der Waals surface area contributed by atoms with Crippen LogP contribution in [0.25, 0.3) is 21.9 Å². The highest BCUT2D eigenvalue weighted by molar-refractivity contribution is 6.31. The minimum Gasteiger partial charge on any atom is -0.354 e. The highest BCUT2D eigenvalue weighted by Crippen LogP contribution is 2.38. The van der Waals surface area contributed by atoms with Gasteiger partial charge < -0.3 is 14.5 Å². The van der Waals surface area contributed by atoms with Gasteiger partial charge in [0.2, 0.25) is 0 Å². The molecular formula is C21H18ClN5O. The molecule has 28 heavy (non-hydrogen) atoms. The van der Waals surface area contributed by atoms with Crippen LogP contribution in [0.5, 0.6) is 0 Å². The second-order valence-electron chi connectivity index (χ2n) is 7.84. The standard InChI is InChI=1S/C21H18ClN5O/c22-14-4-5-16-15(7-14)19-20(25-16)21(24-11-23-19)26-8-12-6-13(10-26)17-2-1-3-18(28)27(17)9-12/h1-5,7,11-13,25H,6,8-10H2/t12-,13+/m1/s1. The van der Waals surface area contributed by atoms with Crippen molar-refractivity contribution in [1.82, 2.24) is 19.5 Å². The quantitative estimate of drug-likeness (QED) is 0.539. The number of anilines is 1. The molecule has 2 aliphatic rings. The largest absolute Gasteiger partial charge is 0.354 e. The first-order valence-corrected chi connectivity index (χ1v) is 9.92. The second-order valence-corrected chi connectivity index (χ2v) is 8.28. The van der Waals surface area contributed by atoms with Crippen molar-refractivity contribution in [2.24, 2.45) is 5.92 Å². The van der Waals surface area contributed by atoms with Crippen LogP contribution < -0.4 is 10.5 Å². The van der Waals surface area contributed by atoms with E-state index in [0.29, 0.717) is 16.9 Å². The number of hydrogen-bond acceptors (Lipinski definition) is 4. The number of nitrogens with zero attached hydrogens (tertiary/aromatic N) is 4. The molecule has 1 saturated heterocycles. The van der Waals surface area contributed by atoms with Crippen LogP contribution in [0.3, 0.4) is 0 Å². The van der Waals surface area contributed by atoms with Crippen molar-refractivity contribution in [1.29, 1.82) is 0 Å². The number of rotatable bonds is 1. The molecule has 0 spiro atoms. The first-order chi connectivity index (χ1) is 13.7. The Labute approximate surface area is 165 Å². The average molecular weight is 392 g/mol. The molecule has 0 unspecified atom stereocenters. The van der Waals surface area contributed by atoms with Gasteiger partial charge in [-0.05, 0) is 36.6 Å². The Balaban J connectivity index is 1.47. The maximum Gasteiger partial charge on any atom is 0.250 e. The summed E-state index contributed by atoms with van der Waals surface area (Å²) < 4.78 is 1.96. The van der Waals surface area contributed by atoms with Crippen LogP contribution in [0, 0.1) is 5.92 Å². The SMILES string of the molecule is O=c1cccc2n1C[C@@H]1C[C@H]2CN(c2ncnc3c2[nH]c2ccc(Cl)cc23)C1. The van der Waals surface area contributed by atoms with Gasteiger partial charge in [0, 0.05) is 53.2 Å². The predicted molar refractivity (Wildman–Crippen MR) is 110 cm³/mol. The fourth-order valence-electron chi connectivity index (χ4n) is 4.96. The number of aromatic nitrogens is 4. The number of benzene rings is 1. The van der Waals surface area contributed by atoms with Crippen molar-refractivity contribution in [2.75, 3.05) is 18.0 Å². The third kappa shape index (κ3) is 2.31. The predicted octanol–water partition coefficient (Wildman–Crippen LogP) is 3.55. The smallest absolute Gasteiger partial charge is 0.250 e. The van der Waals surface area contributed by atoms with Crippen LogP contribution in [0.1, 0.15) is 18.0 Å². The highest BCUT2D eigenvalue weighted by Gasteiger charge is 2.35. The first kappa shape index (κ1) is 16.1. The Morgan fingerprint density at radius 2 is 2.04 bits per heavy atom. The van der Waals surface area contributed by atoms with Crippen LogP contribution >= 0.6 is 11.6 Å². The molecule has 3 aromatic heterocycles. The molecular weight excluding hydrogens is 374 g/mol. The van der Waals surface area contributed by atoms with E-state index in [4.69, 9.17) is 11.6 Å². The van der Waals surface area contributed by atoms with Gasteiger partial charge in [0.05, 0.1) is 0 Å². The summed E-state index contributed by atoms with van der Waals surface area (Å²) in [6.07, 6.45) is 2.76. The Kier molecular flexibility index (Phi) is 3.35. The number of H-pyrrole nitrogens is 1. The molecule has 4 aromatic rings. The third-order valence-electron chi connectivity index (χ3n) is 6.10. The molecule has 1 aromatic carbocycles. The normalized spacial score (nSPS) is 21.2. The molecule has 1 fully saturated rings. The molecule has 5 heterocycles. The molecule has 6 rings (SSSR count). The molecule has 1 N–H and O–H groups in total. The Morgan fingerprint density at radius 3 is 2.96 bits per heavy atom. The van der Waals surface area contributed by atoms with Gasteiger partial charge >= 0.3 is 0 Å². The monoisotopic (exact) mass is 391 g/mol. The maximum atomic E-state index is 12.3. The molecule has 2 bridgehead atoms. The van der Waals surface area contributed by atoms with Gasteiger partial charge in [0.15, 0.2) is 5.82 Å². The summed E-state index contributed by atoms with van der Waals surface area (Å²) in [7, 11) is 0. The highest BCUT2D eigenvalue weighted by atomic mass is 35.5. The Hall–Kier alpha value is -2.86. The van der Waals surface area contributed by atoms with E-state index in [2.05, 4.69) is 25.9 Å². The second kappa shape index (κ2) is 5.82. The van der Waals surface area contributed by atoms with E-state index in [1.54, 1.807) is 12.4 Å². The van der Waals surface area contributed by atoms with Gasteiger partial charge in [-0.25, -0.2) is 9.97 Å². The van der Waals surface area contributed by atoms with Crippen LogP contribution in [0.2, 0.25) is 5.02 Å². The first-order valence-electron chi connectivity index (χ1n) is 9.54. The summed E-state index contributed by atoms with van der Waals surface area (Å²) in [5.41, 5.74) is 4.11. The molecule has 0 radical (unpaired) electrons. The zero-order chi connectivity index (χ0) is 18.8. The number of fused-ring (bicyclic) bond motifs is 7. The number of halogens is 1. The van der Waals surface area contributed by atoms with Crippen molar-refractivity contribution < 1.29 is 0 Å². The van der Waals surface area contributed by atoms with Gasteiger partial charge in [0.1, 0.15) is 17.4 Å². The molecule has 6 nitrogen and oxygen atoms in total. The minimum atomic E-state index is 0.109. The zero-order valence-corrected chi connectivity index (χ0v) is 15.9. The third-order valence-corrected chi connectivity index (χ3v) is 6.34. The van der Waals surface area contributed by atoms with Gasteiger partial charge in [-0.1, -0.05) is 17.7 Å². The van der Waals surface area contributed by atoms with Crippen molar-refractivity contribution in [3.63, 3.8) is 0 Å². The van der Waals surface area contributed by atoms with E-state index < -0.39 is 0 Å². The lowest BCUT2D eigenvalue weighted by molar-refractivity contribution is 0.281. The summed E-state index contributed by atoms with van der Waals surface area (Å²) >= 11 is 6.19. The van der Waals surface area contributed by atoms with Crippen LogP contribution in [0.15, 0.2) is 47.5 Å². The summed E-state index contributed by atoms with van der Waals surface area (Å²) in [4.78, 5) is 27.2. The molecule has 140 valence electrons. The van der Waals surface area contributed by atoms with Gasteiger partial charge in [0.25, 0.3) is 5.56 Å². The number of aromatic amines is 1. The van der Waals surface area contributed by atoms with E-state index in [0.717, 1.165) is 59.5 Å². The molecule has 0 amide bonds. The van der Waals surface area contributed by atoms with Gasteiger partial charge in [-0.3, -0.25) is 4.79 Å². The number of hydrogen-bond donors (Lipinski definition) is 1. The maximum absolute atomic E-state index is 12.3. The van der Waals surface area contributed by atoms with Crippen molar-refractivity contribution >= 4 is 39.4 Å². The van der Waals surface area contributed by atoms with Crippen molar-refractivity contribution in [3.8, 4) is 0 Å². The number of piperidine rings is 1. The summed E-state index contributed by atoms with van der Waals surface area (Å²) in [6, 6.07) is 11.4. The Morgan fingerprint density at radius 1 is 1.11 bits per heavy atom. The van der Waals surface area contributed by atoms with E-state index in [1.165, 1.54) is 0 Å². The van der Waals surface area contributed by atoms with E-state index in [9.17, 15) is 4.79 Å². The molecule has 0 saturated carbocycles. The number of nitrogens with one attached hydrogen (secondary N) is 1. The molecule has 2 atom stereocenters. The van der Waals surface area contributed by atoms with Crippen LogP contribution in [-0.4, -0.2) is 32.6 Å².